The highest BCUT2D eigenvalue weighted by atomic mass is 32.2. The highest BCUT2D eigenvalue weighted by molar-refractivity contribution is 7.89. The van der Waals surface area contributed by atoms with Crippen molar-refractivity contribution >= 4 is 10.0 Å². The van der Waals surface area contributed by atoms with E-state index in [0.717, 1.165) is 19.3 Å². The third-order valence-corrected chi connectivity index (χ3v) is 3.36. The van der Waals surface area contributed by atoms with Crippen molar-refractivity contribution < 1.29 is 13.2 Å². The zero-order valence-corrected chi connectivity index (χ0v) is 10.9. The Morgan fingerprint density at radius 2 is 1.88 bits per heavy atom. The molecule has 0 atom stereocenters. The third-order valence-electron chi connectivity index (χ3n) is 2.41. The molecule has 0 spiro atoms. The molecule has 1 rings (SSSR count). The van der Waals surface area contributed by atoms with Gasteiger partial charge in [-0.15, -0.1) is 0 Å². The summed E-state index contributed by atoms with van der Waals surface area (Å²) in [6.45, 7) is 2.66. The number of hydrogen-bond donors (Lipinski definition) is 1. The summed E-state index contributed by atoms with van der Waals surface area (Å²) in [6, 6.07) is 6.44. The minimum atomic E-state index is -3.71. The average Bonchev–Trinajstić information content (AvgIpc) is 2.28. The predicted molar refractivity (Wildman–Crippen MR) is 67.5 cm³/mol. The predicted octanol–water partition coefficient (Wildman–Crippen LogP) is 2.29. The fourth-order valence-electron chi connectivity index (χ4n) is 1.52. The first kappa shape index (κ1) is 14.0. The largest absolute Gasteiger partial charge is 0.492 e. The van der Waals surface area contributed by atoms with Gasteiger partial charge in [-0.2, -0.15) is 0 Å². The molecule has 5 heteroatoms. The van der Waals surface area contributed by atoms with Gasteiger partial charge in [0.1, 0.15) is 10.6 Å². The van der Waals surface area contributed by atoms with Crippen molar-refractivity contribution in [2.75, 3.05) is 6.61 Å². The lowest BCUT2D eigenvalue weighted by atomic mass is 10.2. The number of hydrogen-bond acceptors (Lipinski definition) is 3. The lowest BCUT2D eigenvalue weighted by Crippen LogP contribution is -2.14. The second kappa shape index (κ2) is 6.61. The maximum atomic E-state index is 11.3. The lowest BCUT2D eigenvalue weighted by molar-refractivity contribution is 0.297. The van der Waals surface area contributed by atoms with Gasteiger partial charge in [-0.3, -0.25) is 0 Å². The van der Waals surface area contributed by atoms with E-state index >= 15 is 0 Å². The van der Waals surface area contributed by atoms with E-state index in [1.165, 1.54) is 12.5 Å². The normalized spacial score (nSPS) is 11.4. The first-order chi connectivity index (χ1) is 8.05. The van der Waals surface area contributed by atoms with Crippen LogP contribution in [-0.4, -0.2) is 15.0 Å². The minimum absolute atomic E-state index is 0.0514. The summed E-state index contributed by atoms with van der Waals surface area (Å²) in [7, 11) is -3.71. The van der Waals surface area contributed by atoms with Gasteiger partial charge in [0.05, 0.1) is 6.61 Å². The van der Waals surface area contributed by atoms with E-state index in [9.17, 15) is 8.42 Å². The van der Waals surface area contributed by atoms with Gasteiger partial charge in [0.25, 0.3) is 0 Å². The van der Waals surface area contributed by atoms with Crippen LogP contribution in [0.25, 0.3) is 0 Å². The molecule has 0 saturated heterocycles. The molecule has 0 radical (unpaired) electrons. The van der Waals surface area contributed by atoms with E-state index in [2.05, 4.69) is 6.92 Å². The van der Waals surface area contributed by atoms with Crippen LogP contribution in [0.5, 0.6) is 5.75 Å². The Morgan fingerprint density at radius 1 is 1.18 bits per heavy atom. The maximum absolute atomic E-state index is 11.3. The monoisotopic (exact) mass is 257 g/mol. The molecule has 0 unspecified atom stereocenters. The summed E-state index contributed by atoms with van der Waals surface area (Å²) < 4.78 is 28.0. The van der Waals surface area contributed by atoms with Crippen LogP contribution in [0.1, 0.15) is 32.6 Å². The summed E-state index contributed by atoms with van der Waals surface area (Å²) in [6.07, 6.45) is 4.34. The molecule has 1 aromatic carbocycles. The summed E-state index contributed by atoms with van der Waals surface area (Å²) in [4.78, 5) is 0.0514. The highest BCUT2D eigenvalue weighted by Crippen LogP contribution is 2.22. The van der Waals surface area contributed by atoms with Crippen LogP contribution in [0.15, 0.2) is 29.2 Å². The van der Waals surface area contributed by atoms with Gasteiger partial charge >= 0.3 is 0 Å². The van der Waals surface area contributed by atoms with Crippen LogP contribution in [0, 0.1) is 0 Å². The molecule has 0 fully saturated rings. The fourth-order valence-corrected chi connectivity index (χ4v) is 2.19. The smallest absolute Gasteiger partial charge is 0.241 e. The Morgan fingerprint density at radius 3 is 2.53 bits per heavy atom. The van der Waals surface area contributed by atoms with E-state index in [0.29, 0.717) is 12.4 Å². The maximum Gasteiger partial charge on any atom is 0.241 e. The van der Waals surface area contributed by atoms with Gasteiger partial charge in [0, 0.05) is 0 Å². The third kappa shape index (κ3) is 4.75. The van der Waals surface area contributed by atoms with Gasteiger partial charge in [0.15, 0.2) is 0 Å². The molecule has 0 heterocycles. The molecule has 0 aliphatic heterocycles. The zero-order chi connectivity index (χ0) is 12.7. The van der Waals surface area contributed by atoms with Crippen LogP contribution in [-0.2, 0) is 10.0 Å². The number of unbranched alkanes of at least 4 members (excludes halogenated alkanes) is 3. The standard InChI is InChI=1S/C12H19NO3S/c1-2-3-4-7-10-16-11-8-5-6-9-12(11)17(13,14)15/h5-6,8-9H,2-4,7,10H2,1H3,(H2,13,14,15). The Hall–Kier alpha value is -1.07. The number of para-hydroxylation sites is 1. The van der Waals surface area contributed by atoms with Crippen molar-refractivity contribution in [3.05, 3.63) is 24.3 Å². The average molecular weight is 257 g/mol. The van der Waals surface area contributed by atoms with Gasteiger partial charge in [-0.1, -0.05) is 38.3 Å². The van der Waals surface area contributed by atoms with E-state index in [4.69, 9.17) is 9.88 Å². The molecular weight excluding hydrogens is 238 g/mol. The molecule has 17 heavy (non-hydrogen) atoms. The van der Waals surface area contributed by atoms with Crippen LogP contribution in [0.2, 0.25) is 0 Å². The second-order valence-electron chi connectivity index (χ2n) is 3.90. The van der Waals surface area contributed by atoms with Crippen molar-refractivity contribution in [1.82, 2.24) is 0 Å². The Bertz CT molecular complexity index is 443. The second-order valence-corrected chi connectivity index (χ2v) is 5.43. The fraction of sp³-hybridized carbons (Fsp3) is 0.500. The number of sulfonamides is 1. The molecule has 2 N–H and O–H groups in total. The molecule has 96 valence electrons. The Balaban J connectivity index is 2.59. The van der Waals surface area contributed by atoms with Crippen molar-refractivity contribution in [3.8, 4) is 5.75 Å². The van der Waals surface area contributed by atoms with E-state index in [1.54, 1.807) is 18.2 Å². The van der Waals surface area contributed by atoms with E-state index < -0.39 is 10.0 Å². The minimum Gasteiger partial charge on any atom is -0.492 e. The summed E-state index contributed by atoms with van der Waals surface area (Å²) >= 11 is 0. The Labute approximate surface area is 103 Å². The van der Waals surface area contributed by atoms with Crippen LogP contribution in [0.3, 0.4) is 0 Å². The van der Waals surface area contributed by atoms with Crippen LogP contribution < -0.4 is 9.88 Å². The van der Waals surface area contributed by atoms with Crippen molar-refractivity contribution in [3.63, 3.8) is 0 Å². The lowest BCUT2D eigenvalue weighted by Gasteiger charge is -2.09. The van der Waals surface area contributed by atoms with Crippen molar-refractivity contribution in [1.29, 1.82) is 0 Å². The van der Waals surface area contributed by atoms with Gasteiger partial charge < -0.3 is 4.74 Å². The molecule has 0 bridgehead atoms. The number of rotatable bonds is 7. The van der Waals surface area contributed by atoms with Gasteiger partial charge in [-0.05, 0) is 18.6 Å². The van der Waals surface area contributed by atoms with Gasteiger partial charge in [0.2, 0.25) is 10.0 Å². The van der Waals surface area contributed by atoms with E-state index in [1.807, 2.05) is 0 Å². The zero-order valence-electron chi connectivity index (χ0n) is 10.1. The topological polar surface area (TPSA) is 69.4 Å². The van der Waals surface area contributed by atoms with Crippen molar-refractivity contribution in [2.24, 2.45) is 5.14 Å². The summed E-state index contributed by atoms with van der Waals surface area (Å²) in [5, 5.41) is 5.10. The van der Waals surface area contributed by atoms with E-state index in [-0.39, 0.29) is 4.90 Å². The molecule has 0 aliphatic carbocycles. The number of nitrogens with two attached hydrogens (primary N) is 1. The number of primary sulfonamides is 1. The molecule has 1 aromatic rings. The molecule has 0 amide bonds. The van der Waals surface area contributed by atoms with Crippen LogP contribution in [0.4, 0.5) is 0 Å². The summed E-state index contributed by atoms with van der Waals surface area (Å²) in [5.74, 6) is 0.339. The Kier molecular flexibility index (Phi) is 5.44. The first-order valence-corrected chi connectivity index (χ1v) is 7.35. The van der Waals surface area contributed by atoms with Gasteiger partial charge in [-0.25, -0.2) is 13.6 Å². The van der Waals surface area contributed by atoms with Crippen LogP contribution >= 0.6 is 0 Å². The highest BCUT2D eigenvalue weighted by Gasteiger charge is 2.13. The number of ether oxygens (including phenoxy) is 1. The molecular formula is C12H19NO3S. The molecule has 0 saturated carbocycles. The van der Waals surface area contributed by atoms with Crippen molar-refractivity contribution in [2.45, 2.75) is 37.5 Å². The molecule has 4 nitrogen and oxygen atoms in total. The SMILES string of the molecule is CCCCCCOc1ccccc1S(N)(=O)=O. The molecule has 0 aromatic heterocycles. The first-order valence-electron chi connectivity index (χ1n) is 5.80. The quantitative estimate of drug-likeness (QED) is 0.762. The molecule has 0 aliphatic rings. The summed E-state index contributed by atoms with van der Waals surface area (Å²) in [5.41, 5.74) is 0. The number of benzene rings is 1.